The zero-order valence-electron chi connectivity index (χ0n) is 9.76. The fraction of sp³-hybridized carbons (Fsp3) is 0.600. The van der Waals surface area contributed by atoms with Gasteiger partial charge in [-0.25, -0.2) is 9.99 Å². The van der Waals surface area contributed by atoms with Gasteiger partial charge >= 0.3 is 0 Å². The monoisotopic (exact) mass is 256 g/mol. The molecule has 17 heavy (non-hydrogen) atoms. The highest BCUT2D eigenvalue weighted by molar-refractivity contribution is 7.99. The number of ether oxygens (including phenoxy) is 1. The number of imidazole rings is 1. The molecule has 0 radical (unpaired) electrons. The maximum atomic E-state index is 11.7. The van der Waals surface area contributed by atoms with Crippen molar-refractivity contribution in [3.05, 3.63) is 12.4 Å². The molecule has 1 aromatic heterocycles. The quantitative estimate of drug-likeness (QED) is 0.761. The Morgan fingerprint density at radius 3 is 3.00 bits per heavy atom. The molecule has 1 aliphatic heterocycles. The standard InChI is InChI=1S/C10H16N4O2S/c1-13-3-2-11-10(13)17-8-9(15)12-14-4-6-16-7-5-14/h2-3H,4-8H2,1H3,(H,12,15). The molecule has 0 unspecified atom stereocenters. The molecule has 7 heteroatoms. The molecule has 0 bridgehead atoms. The lowest BCUT2D eigenvalue weighted by Crippen LogP contribution is -2.48. The predicted molar refractivity (Wildman–Crippen MR) is 64.5 cm³/mol. The van der Waals surface area contributed by atoms with E-state index in [0.717, 1.165) is 18.2 Å². The van der Waals surface area contributed by atoms with Crippen LogP contribution in [0.15, 0.2) is 17.6 Å². The van der Waals surface area contributed by atoms with Gasteiger partial charge in [-0.05, 0) is 0 Å². The van der Waals surface area contributed by atoms with Crippen molar-refractivity contribution in [2.24, 2.45) is 7.05 Å². The molecular weight excluding hydrogens is 240 g/mol. The van der Waals surface area contributed by atoms with E-state index in [9.17, 15) is 4.79 Å². The molecule has 0 spiro atoms. The molecule has 1 fully saturated rings. The summed E-state index contributed by atoms with van der Waals surface area (Å²) < 4.78 is 7.10. The first-order valence-electron chi connectivity index (χ1n) is 5.48. The summed E-state index contributed by atoms with van der Waals surface area (Å²) in [5, 5.41) is 2.74. The van der Waals surface area contributed by atoms with Crippen LogP contribution in [0.4, 0.5) is 0 Å². The fourth-order valence-corrected chi connectivity index (χ4v) is 2.23. The van der Waals surface area contributed by atoms with Gasteiger partial charge in [-0.15, -0.1) is 0 Å². The maximum Gasteiger partial charge on any atom is 0.244 e. The largest absolute Gasteiger partial charge is 0.379 e. The van der Waals surface area contributed by atoms with E-state index in [1.54, 1.807) is 6.20 Å². The van der Waals surface area contributed by atoms with Crippen LogP contribution in [0, 0.1) is 0 Å². The number of hydrazine groups is 1. The second-order valence-corrected chi connectivity index (χ2v) is 4.69. The molecule has 1 N–H and O–H groups in total. The van der Waals surface area contributed by atoms with E-state index in [1.165, 1.54) is 11.8 Å². The third-order valence-corrected chi connectivity index (χ3v) is 3.46. The summed E-state index contributed by atoms with van der Waals surface area (Å²) in [4.78, 5) is 15.8. The summed E-state index contributed by atoms with van der Waals surface area (Å²) in [7, 11) is 1.91. The molecule has 94 valence electrons. The van der Waals surface area contributed by atoms with Crippen LogP contribution in [-0.2, 0) is 16.6 Å². The lowest BCUT2D eigenvalue weighted by molar-refractivity contribution is -0.125. The first-order valence-corrected chi connectivity index (χ1v) is 6.46. The Bertz CT molecular complexity index is 376. The Balaban J connectivity index is 1.72. The highest BCUT2D eigenvalue weighted by Gasteiger charge is 2.13. The van der Waals surface area contributed by atoms with Gasteiger partial charge in [0, 0.05) is 32.5 Å². The molecular formula is C10H16N4O2S. The highest BCUT2D eigenvalue weighted by Crippen LogP contribution is 2.13. The number of nitrogens with zero attached hydrogens (tertiary/aromatic N) is 3. The number of carbonyl (C=O) groups is 1. The Labute approximate surface area is 104 Å². The third kappa shape index (κ3) is 3.72. The smallest absolute Gasteiger partial charge is 0.244 e. The number of hydrogen-bond donors (Lipinski definition) is 1. The summed E-state index contributed by atoms with van der Waals surface area (Å²) in [5.74, 6) is 0.377. The van der Waals surface area contributed by atoms with Gasteiger partial charge in [-0.3, -0.25) is 10.2 Å². The second-order valence-electron chi connectivity index (χ2n) is 3.74. The van der Waals surface area contributed by atoms with Gasteiger partial charge < -0.3 is 9.30 Å². The lowest BCUT2D eigenvalue weighted by Gasteiger charge is -2.26. The molecule has 0 aliphatic carbocycles. The summed E-state index contributed by atoms with van der Waals surface area (Å²) >= 11 is 1.43. The number of carbonyl (C=O) groups excluding carboxylic acids is 1. The van der Waals surface area contributed by atoms with Gasteiger partial charge in [0.1, 0.15) is 0 Å². The Hall–Kier alpha value is -1.05. The van der Waals surface area contributed by atoms with Crippen LogP contribution in [0.3, 0.4) is 0 Å². The van der Waals surface area contributed by atoms with Crippen LogP contribution in [0.2, 0.25) is 0 Å². The number of amides is 1. The van der Waals surface area contributed by atoms with Crippen LogP contribution < -0.4 is 5.43 Å². The maximum absolute atomic E-state index is 11.7. The number of aryl methyl sites for hydroxylation is 1. The van der Waals surface area contributed by atoms with Gasteiger partial charge in [0.15, 0.2) is 5.16 Å². The van der Waals surface area contributed by atoms with Crippen molar-refractivity contribution in [2.45, 2.75) is 5.16 Å². The van der Waals surface area contributed by atoms with Gasteiger partial charge in [0.25, 0.3) is 0 Å². The number of hydrogen-bond acceptors (Lipinski definition) is 5. The third-order valence-electron chi connectivity index (χ3n) is 2.40. The topological polar surface area (TPSA) is 59.4 Å². The van der Waals surface area contributed by atoms with Gasteiger partial charge in [0.2, 0.25) is 5.91 Å². The molecule has 1 aromatic rings. The fourth-order valence-electron chi connectivity index (χ4n) is 1.50. The first kappa shape index (κ1) is 12.4. The van der Waals surface area contributed by atoms with E-state index in [4.69, 9.17) is 4.74 Å². The average Bonchev–Trinajstić information content (AvgIpc) is 2.74. The number of aromatic nitrogens is 2. The van der Waals surface area contributed by atoms with Crippen LogP contribution in [0.5, 0.6) is 0 Å². The van der Waals surface area contributed by atoms with Crippen LogP contribution in [-0.4, -0.2) is 52.5 Å². The van der Waals surface area contributed by atoms with Crippen molar-refractivity contribution >= 4 is 17.7 Å². The first-order chi connectivity index (χ1) is 8.25. The molecule has 2 rings (SSSR count). The van der Waals surface area contributed by atoms with Crippen molar-refractivity contribution in [1.82, 2.24) is 20.0 Å². The summed E-state index contributed by atoms with van der Waals surface area (Å²) in [6, 6.07) is 0. The van der Waals surface area contributed by atoms with E-state index in [2.05, 4.69) is 10.4 Å². The molecule has 1 amide bonds. The van der Waals surface area contributed by atoms with Gasteiger partial charge in [-0.2, -0.15) is 0 Å². The molecule has 2 heterocycles. The predicted octanol–water partition coefficient (Wildman–Crippen LogP) is -0.124. The van der Waals surface area contributed by atoms with E-state index in [0.29, 0.717) is 19.0 Å². The van der Waals surface area contributed by atoms with Crippen LogP contribution >= 0.6 is 11.8 Å². The number of rotatable bonds is 4. The van der Waals surface area contributed by atoms with Crippen LogP contribution in [0.1, 0.15) is 0 Å². The number of morpholine rings is 1. The molecule has 6 nitrogen and oxygen atoms in total. The van der Waals surface area contributed by atoms with Crippen molar-refractivity contribution in [3.8, 4) is 0 Å². The summed E-state index contributed by atoms with van der Waals surface area (Å²) in [6.07, 6.45) is 3.59. The van der Waals surface area contributed by atoms with Gasteiger partial charge in [-0.1, -0.05) is 11.8 Å². The SMILES string of the molecule is Cn1ccnc1SCC(=O)NN1CCOCC1. The van der Waals surface area contributed by atoms with E-state index >= 15 is 0 Å². The molecule has 1 saturated heterocycles. The molecule has 0 aromatic carbocycles. The Kier molecular flexibility index (Phi) is 4.41. The minimum Gasteiger partial charge on any atom is -0.379 e. The lowest BCUT2D eigenvalue weighted by atomic mass is 10.5. The molecule has 0 atom stereocenters. The normalized spacial score (nSPS) is 17.0. The van der Waals surface area contributed by atoms with Crippen LogP contribution in [0.25, 0.3) is 0 Å². The minimum atomic E-state index is -0.0000926. The zero-order chi connectivity index (χ0) is 12.1. The number of nitrogens with one attached hydrogen (secondary N) is 1. The van der Waals surface area contributed by atoms with Crippen molar-refractivity contribution in [1.29, 1.82) is 0 Å². The zero-order valence-corrected chi connectivity index (χ0v) is 10.6. The summed E-state index contributed by atoms with van der Waals surface area (Å²) in [5.41, 5.74) is 2.86. The summed E-state index contributed by atoms with van der Waals surface area (Å²) in [6.45, 7) is 2.84. The Morgan fingerprint density at radius 1 is 1.59 bits per heavy atom. The van der Waals surface area contributed by atoms with Gasteiger partial charge in [0.05, 0.1) is 19.0 Å². The highest BCUT2D eigenvalue weighted by atomic mass is 32.2. The average molecular weight is 256 g/mol. The van der Waals surface area contributed by atoms with Crippen molar-refractivity contribution < 1.29 is 9.53 Å². The molecule has 0 saturated carbocycles. The Morgan fingerprint density at radius 2 is 2.35 bits per heavy atom. The number of thioether (sulfide) groups is 1. The van der Waals surface area contributed by atoms with E-state index < -0.39 is 0 Å². The van der Waals surface area contributed by atoms with E-state index in [-0.39, 0.29) is 5.91 Å². The van der Waals surface area contributed by atoms with Crippen molar-refractivity contribution in [3.63, 3.8) is 0 Å². The van der Waals surface area contributed by atoms with E-state index in [1.807, 2.05) is 22.8 Å². The van der Waals surface area contributed by atoms with Crippen molar-refractivity contribution in [2.75, 3.05) is 32.1 Å². The second kappa shape index (κ2) is 6.04. The minimum absolute atomic E-state index is 0.0000926. The molecule has 1 aliphatic rings.